The SMILES string of the molecule is O=C(O)c1cc(N2CCCCCC2=O)c(F)cc1F. The third kappa shape index (κ3) is 2.72. The first-order valence-electron chi connectivity index (χ1n) is 6.03. The van der Waals surface area contributed by atoms with Crippen LogP contribution in [0, 0.1) is 11.6 Å². The number of halogens is 2. The van der Waals surface area contributed by atoms with E-state index < -0.39 is 23.2 Å². The van der Waals surface area contributed by atoms with Gasteiger partial charge < -0.3 is 10.0 Å². The average molecular weight is 269 g/mol. The van der Waals surface area contributed by atoms with E-state index in [4.69, 9.17) is 5.11 Å². The van der Waals surface area contributed by atoms with Gasteiger partial charge in [-0.1, -0.05) is 6.42 Å². The van der Waals surface area contributed by atoms with Crippen LogP contribution in [0.2, 0.25) is 0 Å². The second kappa shape index (κ2) is 5.34. The third-order valence-electron chi connectivity index (χ3n) is 3.13. The molecule has 1 N–H and O–H groups in total. The first kappa shape index (κ1) is 13.5. The minimum absolute atomic E-state index is 0.161. The van der Waals surface area contributed by atoms with Crippen molar-refractivity contribution in [3.05, 3.63) is 29.3 Å². The maximum atomic E-state index is 13.8. The lowest BCUT2D eigenvalue weighted by molar-refractivity contribution is -0.118. The van der Waals surface area contributed by atoms with E-state index >= 15 is 0 Å². The van der Waals surface area contributed by atoms with Gasteiger partial charge in [-0.15, -0.1) is 0 Å². The van der Waals surface area contributed by atoms with Crippen molar-refractivity contribution in [3.8, 4) is 0 Å². The molecule has 6 heteroatoms. The van der Waals surface area contributed by atoms with E-state index in [2.05, 4.69) is 0 Å². The highest BCUT2D eigenvalue weighted by Gasteiger charge is 2.24. The molecule has 0 radical (unpaired) electrons. The predicted octanol–water partition coefficient (Wildman–Crippen LogP) is 2.57. The lowest BCUT2D eigenvalue weighted by Gasteiger charge is -2.21. The van der Waals surface area contributed by atoms with Crippen LogP contribution in [0.4, 0.5) is 14.5 Å². The quantitative estimate of drug-likeness (QED) is 0.897. The van der Waals surface area contributed by atoms with Gasteiger partial charge >= 0.3 is 5.97 Å². The number of aromatic carboxylic acids is 1. The Balaban J connectivity index is 2.45. The molecule has 1 heterocycles. The van der Waals surface area contributed by atoms with Gasteiger partial charge in [0.1, 0.15) is 11.6 Å². The van der Waals surface area contributed by atoms with Crippen molar-refractivity contribution in [2.24, 2.45) is 0 Å². The molecule has 4 nitrogen and oxygen atoms in total. The molecule has 0 saturated carbocycles. The summed E-state index contributed by atoms with van der Waals surface area (Å²) in [5.74, 6) is -3.81. The molecule has 0 spiro atoms. The highest BCUT2D eigenvalue weighted by atomic mass is 19.1. The molecule has 2 rings (SSSR count). The van der Waals surface area contributed by atoms with Gasteiger partial charge in [0.25, 0.3) is 0 Å². The van der Waals surface area contributed by atoms with Gasteiger partial charge in [0.05, 0.1) is 11.3 Å². The Morgan fingerprint density at radius 1 is 1.16 bits per heavy atom. The number of carbonyl (C=O) groups excluding carboxylic acids is 1. The van der Waals surface area contributed by atoms with E-state index in [1.165, 1.54) is 4.90 Å². The zero-order chi connectivity index (χ0) is 14.0. The summed E-state index contributed by atoms with van der Waals surface area (Å²) in [5, 5.41) is 8.83. The Labute approximate surface area is 108 Å². The highest BCUT2D eigenvalue weighted by molar-refractivity contribution is 5.96. The molecule has 1 aromatic carbocycles. The number of nitrogens with zero attached hydrogens (tertiary/aromatic N) is 1. The molecule has 0 aromatic heterocycles. The van der Waals surface area contributed by atoms with Gasteiger partial charge in [0.15, 0.2) is 0 Å². The zero-order valence-corrected chi connectivity index (χ0v) is 10.2. The summed E-state index contributed by atoms with van der Waals surface area (Å²) in [4.78, 5) is 23.9. The first-order chi connectivity index (χ1) is 9.00. The van der Waals surface area contributed by atoms with Crippen LogP contribution in [0.25, 0.3) is 0 Å². The summed E-state index contributed by atoms with van der Waals surface area (Å²) in [6, 6.07) is 1.40. The van der Waals surface area contributed by atoms with Gasteiger partial charge in [-0.05, 0) is 18.9 Å². The van der Waals surface area contributed by atoms with Crippen LogP contribution in [0.5, 0.6) is 0 Å². The van der Waals surface area contributed by atoms with Crippen LogP contribution in [0.3, 0.4) is 0 Å². The van der Waals surface area contributed by atoms with E-state index in [1.807, 2.05) is 0 Å². The summed E-state index contributed by atoms with van der Waals surface area (Å²) < 4.78 is 27.1. The number of rotatable bonds is 2. The second-order valence-corrected chi connectivity index (χ2v) is 4.44. The first-order valence-corrected chi connectivity index (χ1v) is 6.03. The Kier molecular flexibility index (Phi) is 3.78. The summed E-state index contributed by atoms with van der Waals surface area (Å²) >= 11 is 0. The molecule has 0 bridgehead atoms. The van der Waals surface area contributed by atoms with E-state index in [0.717, 1.165) is 18.9 Å². The molecular formula is C13H13F2NO3. The number of anilines is 1. The fourth-order valence-corrected chi connectivity index (χ4v) is 2.15. The minimum atomic E-state index is -1.49. The van der Waals surface area contributed by atoms with Crippen molar-refractivity contribution in [2.45, 2.75) is 25.7 Å². The Hall–Kier alpha value is -1.98. The number of carbonyl (C=O) groups is 2. The van der Waals surface area contributed by atoms with E-state index in [-0.39, 0.29) is 11.6 Å². The molecule has 1 aliphatic rings. The van der Waals surface area contributed by atoms with Crippen LogP contribution in [0.15, 0.2) is 12.1 Å². The van der Waals surface area contributed by atoms with Gasteiger partial charge in [-0.3, -0.25) is 4.79 Å². The molecular weight excluding hydrogens is 256 g/mol. The molecule has 0 aliphatic carbocycles. The van der Waals surface area contributed by atoms with Crippen molar-refractivity contribution in [1.82, 2.24) is 0 Å². The third-order valence-corrected chi connectivity index (χ3v) is 3.13. The normalized spacial score (nSPS) is 16.3. The van der Waals surface area contributed by atoms with Crippen LogP contribution < -0.4 is 4.90 Å². The molecule has 0 atom stereocenters. The molecule has 1 fully saturated rings. The molecule has 102 valence electrons. The van der Waals surface area contributed by atoms with Crippen molar-refractivity contribution in [1.29, 1.82) is 0 Å². The lowest BCUT2D eigenvalue weighted by Crippen LogP contribution is -2.31. The molecule has 1 aromatic rings. The maximum Gasteiger partial charge on any atom is 0.338 e. The number of carboxylic acid groups (broad SMARTS) is 1. The van der Waals surface area contributed by atoms with E-state index in [1.54, 1.807) is 0 Å². The largest absolute Gasteiger partial charge is 0.478 e. The Morgan fingerprint density at radius 2 is 1.89 bits per heavy atom. The predicted molar refractivity (Wildman–Crippen MR) is 64.1 cm³/mol. The summed E-state index contributed by atoms with van der Waals surface area (Å²) in [6.45, 7) is 0.320. The lowest BCUT2D eigenvalue weighted by atomic mass is 10.1. The molecule has 0 unspecified atom stereocenters. The number of hydrogen-bond acceptors (Lipinski definition) is 2. The van der Waals surface area contributed by atoms with Crippen molar-refractivity contribution in [3.63, 3.8) is 0 Å². The summed E-state index contributed by atoms with van der Waals surface area (Å²) in [6.07, 6.45) is 2.59. The van der Waals surface area contributed by atoms with Crippen LogP contribution in [-0.4, -0.2) is 23.5 Å². The molecule has 1 aliphatic heterocycles. The Bertz CT molecular complexity index is 531. The number of hydrogen-bond donors (Lipinski definition) is 1. The fourth-order valence-electron chi connectivity index (χ4n) is 2.15. The average Bonchev–Trinajstić information content (AvgIpc) is 2.54. The number of amides is 1. The summed E-state index contributed by atoms with van der Waals surface area (Å²) in [7, 11) is 0. The fraction of sp³-hybridized carbons (Fsp3) is 0.385. The highest BCUT2D eigenvalue weighted by Crippen LogP contribution is 2.26. The Morgan fingerprint density at radius 3 is 2.58 bits per heavy atom. The second-order valence-electron chi connectivity index (χ2n) is 4.44. The smallest absolute Gasteiger partial charge is 0.338 e. The zero-order valence-electron chi connectivity index (χ0n) is 10.2. The maximum absolute atomic E-state index is 13.8. The molecule has 1 saturated heterocycles. The van der Waals surface area contributed by atoms with Crippen LogP contribution in [0.1, 0.15) is 36.0 Å². The van der Waals surface area contributed by atoms with Gasteiger partial charge in [-0.2, -0.15) is 0 Å². The molecule has 19 heavy (non-hydrogen) atoms. The van der Waals surface area contributed by atoms with Crippen molar-refractivity contribution in [2.75, 3.05) is 11.4 Å². The van der Waals surface area contributed by atoms with Crippen molar-refractivity contribution >= 4 is 17.6 Å². The standard InChI is InChI=1S/C13H13F2NO3/c14-9-7-10(15)11(6-8(9)13(18)19)16-5-3-1-2-4-12(16)17/h6-7H,1-5H2,(H,18,19). The van der Waals surface area contributed by atoms with Crippen LogP contribution in [-0.2, 0) is 4.79 Å². The monoisotopic (exact) mass is 269 g/mol. The van der Waals surface area contributed by atoms with Gasteiger partial charge in [-0.25, -0.2) is 13.6 Å². The van der Waals surface area contributed by atoms with Crippen molar-refractivity contribution < 1.29 is 23.5 Å². The van der Waals surface area contributed by atoms with Crippen LogP contribution >= 0.6 is 0 Å². The van der Waals surface area contributed by atoms with E-state index in [9.17, 15) is 18.4 Å². The van der Waals surface area contributed by atoms with Gasteiger partial charge in [0.2, 0.25) is 5.91 Å². The topological polar surface area (TPSA) is 57.6 Å². The van der Waals surface area contributed by atoms with E-state index in [0.29, 0.717) is 25.5 Å². The molecule has 1 amide bonds. The number of benzene rings is 1. The summed E-state index contributed by atoms with van der Waals surface area (Å²) in [5.41, 5.74) is -0.792. The minimum Gasteiger partial charge on any atom is -0.478 e. The number of carboxylic acids is 1. The van der Waals surface area contributed by atoms with Gasteiger partial charge in [0, 0.05) is 19.0 Å².